The number of benzene rings is 1. The van der Waals surface area contributed by atoms with E-state index in [-0.39, 0.29) is 36.8 Å². The molecule has 0 aliphatic heterocycles. The van der Waals surface area contributed by atoms with Crippen molar-refractivity contribution in [2.45, 2.75) is 25.3 Å². The van der Waals surface area contributed by atoms with E-state index >= 15 is 0 Å². The summed E-state index contributed by atoms with van der Waals surface area (Å²) in [5.41, 5.74) is 6.33. The molecular formula is C17H22Cl2N4O2. The lowest BCUT2D eigenvalue weighted by Crippen LogP contribution is -2.39. The number of amides is 1. The smallest absolute Gasteiger partial charge is 0.251 e. The highest BCUT2D eigenvalue weighted by Crippen LogP contribution is 2.25. The van der Waals surface area contributed by atoms with E-state index in [1.54, 1.807) is 36.7 Å². The van der Waals surface area contributed by atoms with E-state index in [0.29, 0.717) is 29.7 Å². The van der Waals surface area contributed by atoms with Crippen LogP contribution in [0.2, 0.25) is 0 Å². The number of nitrogens with one attached hydrogen (secondary N) is 1. The fourth-order valence-electron chi connectivity index (χ4n) is 2.92. The molecule has 1 aliphatic rings. The van der Waals surface area contributed by atoms with Gasteiger partial charge in [0, 0.05) is 24.0 Å². The number of hydrogen-bond acceptors (Lipinski definition) is 5. The number of nitrogens with two attached hydrogens (primary N) is 1. The topological polar surface area (TPSA) is 90.1 Å². The standard InChI is InChI=1S/C17H20N4O2.2ClH/c18-10-13-4-2-6-15(13)21-17(22)12-3-1-5-14(9-12)23-16-11-19-7-8-20-16;;/h1,3,5,7-9,11,13,15H,2,4,6,10,18H2,(H,21,22);2*1H. The monoisotopic (exact) mass is 384 g/mol. The van der Waals surface area contributed by atoms with Gasteiger partial charge in [0.25, 0.3) is 5.91 Å². The third kappa shape index (κ3) is 5.56. The van der Waals surface area contributed by atoms with Crippen molar-refractivity contribution in [3.8, 4) is 11.6 Å². The van der Waals surface area contributed by atoms with Gasteiger partial charge in [-0.1, -0.05) is 12.5 Å². The predicted octanol–water partition coefficient (Wildman–Crippen LogP) is 2.97. The van der Waals surface area contributed by atoms with Crippen LogP contribution in [0.4, 0.5) is 0 Å². The molecule has 1 aromatic carbocycles. The number of ether oxygens (including phenoxy) is 1. The summed E-state index contributed by atoms with van der Waals surface area (Å²) in [5, 5.41) is 3.08. The SMILES string of the molecule is Cl.Cl.NCC1CCCC1NC(=O)c1cccc(Oc2cnccn2)c1. The van der Waals surface area contributed by atoms with Gasteiger partial charge in [0.2, 0.25) is 5.88 Å². The molecule has 0 bridgehead atoms. The van der Waals surface area contributed by atoms with Crippen molar-refractivity contribution < 1.29 is 9.53 Å². The molecule has 1 aliphatic carbocycles. The number of rotatable bonds is 5. The summed E-state index contributed by atoms with van der Waals surface area (Å²) >= 11 is 0. The number of nitrogens with zero attached hydrogens (tertiary/aromatic N) is 2. The van der Waals surface area contributed by atoms with Gasteiger partial charge >= 0.3 is 0 Å². The van der Waals surface area contributed by atoms with E-state index in [4.69, 9.17) is 10.5 Å². The van der Waals surface area contributed by atoms with Crippen molar-refractivity contribution in [3.05, 3.63) is 48.4 Å². The molecule has 1 amide bonds. The maximum atomic E-state index is 12.4. The fourth-order valence-corrected chi connectivity index (χ4v) is 2.92. The Labute approximate surface area is 159 Å². The molecule has 2 unspecified atom stereocenters. The zero-order valence-electron chi connectivity index (χ0n) is 13.6. The van der Waals surface area contributed by atoms with Crippen LogP contribution in [0.15, 0.2) is 42.9 Å². The first-order valence-corrected chi connectivity index (χ1v) is 7.81. The lowest BCUT2D eigenvalue weighted by Gasteiger charge is -2.19. The second-order valence-electron chi connectivity index (χ2n) is 5.68. The number of aromatic nitrogens is 2. The maximum absolute atomic E-state index is 12.4. The summed E-state index contributed by atoms with van der Waals surface area (Å²) in [6.07, 6.45) is 7.84. The number of carbonyl (C=O) groups excluding carboxylic acids is 1. The second-order valence-corrected chi connectivity index (χ2v) is 5.68. The van der Waals surface area contributed by atoms with Gasteiger partial charge in [-0.05, 0) is 43.5 Å². The van der Waals surface area contributed by atoms with Gasteiger partial charge in [-0.25, -0.2) is 4.98 Å². The number of carbonyl (C=O) groups is 1. The van der Waals surface area contributed by atoms with Crippen LogP contribution >= 0.6 is 24.8 Å². The quantitative estimate of drug-likeness (QED) is 0.826. The summed E-state index contributed by atoms with van der Waals surface area (Å²) in [7, 11) is 0. The highest BCUT2D eigenvalue weighted by molar-refractivity contribution is 5.94. The van der Waals surface area contributed by atoms with E-state index in [1.807, 2.05) is 0 Å². The summed E-state index contributed by atoms with van der Waals surface area (Å²) in [5.74, 6) is 1.22. The van der Waals surface area contributed by atoms with Crippen LogP contribution in [-0.4, -0.2) is 28.5 Å². The third-order valence-electron chi connectivity index (χ3n) is 4.14. The van der Waals surface area contributed by atoms with Crippen molar-refractivity contribution in [3.63, 3.8) is 0 Å². The van der Waals surface area contributed by atoms with Crippen LogP contribution in [-0.2, 0) is 0 Å². The minimum Gasteiger partial charge on any atom is -0.437 e. The molecule has 0 spiro atoms. The van der Waals surface area contributed by atoms with Crippen LogP contribution in [0.1, 0.15) is 29.6 Å². The number of hydrogen-bond donors (Lipinski definition) is 2. The largest absolute Gasteiger partial charge is 0.437 e. The molecule has 1 aromatic heterocycles. The van der Waals surface area contributed by atoms with Crippen molar-refractivity contribution in [2.75, 3.05) is 6.54 Å². The molecule has 2 aromatic rings. The van der Waals surface area contributed by atoms with Crippen LogP contribution in [0, 0.1) is 5.92 Å². The zero-order chi connectivity index (χ0) is 16.1. The Morgan fingerprint density at radius 1 is 1.28 bits per heavy atom. The minimum absolute atomic E-state index is 0. The Morgan fingerprint density at radius 3 is 2.84 bits per heavy atom. The van der Waals surface area contributed by atoms with Gasteiger partial charge in [0.1, 0.15) is 5.75 Å². The Kier molecular flexibility index (Phi) is 8.61. The van der Waals surface area contributed by atoms with Crippen LogP contribution < -0.4 is 15.8 Å². The van der Waals surface area contributed by atoms with Gasteiger partial charge < -0.3 is 15.8 Å². The van der Waals surface area contributed by atoms with Crippen LogP contribution in [0.5, 0.6) is 11.6 Å². The summed E-state index contributed by atoms with van der Waals surface area (Å²) in [6, 6.07) is 7.21. The molecular weight excluding hydrogens is 363 g/mol. The molecule has 1 saturated carbocycles. The first-order chi connectivity index (χ1) is 11.3. The van der Waals surface area contributed by atoms with Gasteiger partial charge in [-0.15, -0.1) is 24.8 Å². The minimum atomic E-state index is -0.0973. The predicted molar refractivity (Wildman–Crippen MR) is 101 cm³/mol. The Balaban J connectivity index is 0.00000156. The molecule has 0 radical (unpaired) electrons. The van der Waals surface area contributed by atoms with Crippen molar-refractivity contribution in [2.24, 2.45) is 11.7 Å². The second kappa shape index (κ2) is 10.2. The highest BCUT2D eigenvalue weighted by Gasteiger charge is 2.27. The van der Waals surface area contributed by atoms with Crippen molar-refractivity contribution >= 4 is 30.7 Å². The van der Waals surface area contributed by atoms with Gasteiger partial charge in [0.15, 0.2) is 0 Å². The summed E-state index contributed by atoms with van der Waals surface area (Å²) in [6.45, 7) is 0.612. The van der Waals surface area contributed by atoms with Crippen molar-refractivity contribution in [1.29, 1.82) is 0 Å². The third-order valence-corrected chi connectivity index (χ3v) is 4.14. The molecule has 1 heterocycles. The first-order valence-electron chi connectivity index (χ1n) is 7.81. The highest BCUT2D eigenvalue weighted by atomic mass is 35.5. The molecule has 8 heteroatoms. The zero-order valence-corrected chi connectivity index (χ0v) is 15.3. The van der Waals surface area contributed by atoms with Crippen molar-refractivity contribution in [1.82, 2.24) is 15.3 Å². The van der Waals surface area contributed by atoms with E-state index in [0.717, 1.165) is 19.3 Å². The van der Waals surface area contributed by atoms with E-state index in [2.05, 4.69) is 15.3 Å². The molecule has 0 saturated heterocycles. The average Bonchev–Trinajstić information content (AvgIpc) is 3.03. The average molecular weight is 385 g/mol. The van der Waals surface area contributed by atoms with Crippen LogP contribution in [0.3, 0.4) is 0 Å². The molecule has 2 atom stereocenters. The fraction of sp³-hybridized carbons (Fsp3) is 0.353. The summed E-state index contributed by atoms with van der Waals surface area (Å²) in [4.78, 5) is 20.4. The molecule has 136 valence electrons. The molecule has 1 fully saturated rings. The molecule has 6 nitrogen and oxygen atoms in total. The molecule has 25 heavy (non-hydrogen) atoms. The van der Waals surface area contributed by atoms with E-state index < -0.39 is 0 Å². The number of halogens is 2. The van der Waals surface area contributed by atoms with Gasteiger partial charge in [0.05, 0.1) is 6.20 Å². The maximum Gasteiger partial charge on any atom is 0.251 e. The van der Waals surface area contributed by atoms with E-state index in [1.165, 1.54) is 6.20 Å². The Morgan fingerprint density at radius 2 is 2.12 bits per heavy atom. The van der Waals surface area contributed by atoms with Gasteiger partial charge in [-0.2, -0.15) is 0 Å². The summed E-state index contributed by atoms with van der Waals surface area (Å²) < 4.78 is 5.61. The lowest BCUT2D eigenvalue weighted by molar-refractivity contribution is 0.0928. The normalized spacial score (nSPS) is 18.6. The molecule has 3 N–H and O–H groups in total. The van der Waals surface area contributed by atoms with E-state index in [9.17, 15) is 4.79 Å². The van der Waals surface area contributed by atoms with Crippen LogP contribution in [0.25, 0.3) is 0 Å². The lowest BCUT2D eigenvalue weighted by atomic mass is 10.0. The Hall–Kier alpha value is -1.89. The van der Waals surface area contributed by atoms with Gasteiger partial charge in [-0.3, -0.25) is 9.78 Å². The molecule has 3 rings (SSSR count). The first kappa shape index (κ1) is 21.2. The Bertz CT molecular complexity index is 673.